The largest absolute Gasteiger partial charge is 0.508 e. The minimum absolute atomic E-state index is 0.0987. The SMILES string of the molecule is CCCCNC(=O)C(C)CCCCCCCCC[C@@H]1Cc2cc(O)ccc2[C@H]2CC[C@]3(C)[C@@H](O)CC[C@H]3[C@H]12. The van der Waals surface area contributed by atoms with E-state index in [0.29, 0.717) is 29.4 Å². The molecule has 0 aliphatic heterocycles. The number of amides is 1. The van der Waals surface area contributed by atoms with E-state index in [9.17, 15) is 15.0 Å². The first-order valence-corrected chi connectivity index (χ1v) is 16.1. The second-order valence-electron chi connectivity index (χ2n) is 13.4. The molecule has 0 radical (unpaired) electrons. The molecule has 1 aromatic carbocycles. The molecule has 1 aromatic rings. The molecule has 3 aliphatic carbocycles. The van der Waals surface area contributed by atoms with E-state index in [4.69, 9.17) is 0 Å². The molecule has 2 fully saturated rings. The first-order valence-electron chi connectivity index (χ1n) is 16.1. The number of hydrogen-bond acceptors (Lipinski definition) is 3. The molecule has 3 aliphatic rings. The summed E-state index contributed by atoms with van der Waals surface area (Å²) in [6, 6.07) is 6.12. The summed E-state index contributed by atoms with van der Waals surface area (Å²) < 4.78 is 0. The van der Waals surface area contributed by atoms with Gasteiger partial charge in [0.15, 0.2) is 0 Å². The van der Waals surface area contributed by atoms with E-state index >= 15 is 0 Å². The van der Waals surface area contributed by atoms with E-state index in [0.717, 1.165) is 51.5 Å². The van der Waals surface area contributed by atoms with Crippen LogP contribution in [0.4, 0.5) is 0 Å². The molecule has 7 atom stereocenters. The number of unbranched alkanes of at least 4 members (excludes halogenated alkanes) is 7. The quantitative estimate of drug-likeness (QED) is 0.216. The zero-order valence-electron chi connectivity index (χ0n) is 24.5. The molecule has 0 aromatic heterocycles. The molecule has 0 heterocycles. The number of carbonyl (C=O) groups is 1. The van der Waals surface area contributed by atoms with E-state index in [1.54, 1.807) is 0 Å². The Morgan fingerprint density at radius 2 is 1.79 bits per heavy atom. The molecular formula is C34H55NO3. The topological polar surface area (TPSA) is 69.6 Å². The summed E-state index contributed by atoms with van der Waals surface area (Å²) in [6.45, 7) is 7.41. The van der Waals surface area contributed by atoms with Crippen molar-refractivity contribution in [1.29, 1.82) is 0 Å². The number of aromatic hydroxyl groups is 1. The Balaban J connectivity index is 1.20. The Labute approximate surface area is 232 Å². The van der Waals surface area contributed by atoms with Crippen molar-refractivity contribution >= 4 is 5.91 Å². The third-order valence-corrected chi connectivity index (χ3v) is 10.8. The Morgan fingerprint density at radius 1 is 1.05 bits per heavy atom. The van der Waals surface area contributed by atoms with Gasteiger partial charge in [0.25, 0.3) is 0 Å². The van der Waals surface area contributed by atoms with Gasteiger partial charge in [-0.3, -0.25) is 4.79 Å². The number of phenols is 1. The Morgan fingerprint density at radius 3 is 2.55 bits per heavy atom. The summed E-state index contributed by atoms with van der Waals surface area (Å²) in [6.07, 6.45) is 18.8. The molecule has 4 nitrogen and oxygen atoms in total. The normalized spacial score (nSPS) is 30.8. The lowest BCUT2D eigenvalue weighted by Gasteiger charge is -2.53. The number of nitrogens with one attached hydrogen (secondary N) is 1. The summed E-state index contributed by atoms with van der Waals surface area (Å²) in [4.78, 5) is 12.1. The van der Waals surface area contributed by atoms with Crippen molar-refractivity contribution in [3.05, 3.63) is 29.3 Å². The summed E-state index contributed by atoms with van der Waals surface area (Å²) in [5.74, 6) is 3.37. The van der Waals surface area contributed by atoms with Gasteiger partial charge in [-0.1, -0.05) is 78.2 Å². The highest BCUT2D eigenvalue weighted by Crippen LogP contribution is 2.62. The first-order chi connectivity index (χ1) is 18.3. The minimum Gasteiger partial charge on any atom is -0.508 e. The Bertz CT molecular complexity index is 900. The van der Waals surface area contributed by atoms with E-state index < -0.39 is 0 Å². The van der Waals surface area contributed by atoms with E-state index in [1.807, 2.05) is 12.1 Å². The first kappa shape index (κ1) is 29.4. The van der Waals surface area contributed by atoms with Crippen molar-refractivity contribution in [1.82, 2.24) is 5.32 Å². The molecule has 0 spiro atoms. The van der Waals surface area contributed by atoms with Gasteiger partial charge in [0.1, 0.15) is 5.75 Å². The smallest absolute Gasteiger partial charge is 0.222 e. The van der Waals surface area contributed by atoms with Crippen LogP contribution in [0.15, 0.2) is 18.2 Å². The highest BCUT2D eigenvalue weighted by molar-refractivity contribution is 5.78. The molecule has 2 saturated carbocycles. The second-order valence-corrected chi connectivity index (χ2v) is 13.4. The van der Waals surface area contributed by atoms with Crippen LogP contribution in [-0.4, -0.2) is 28.8 Å². The summed E-state index contributed by atoms with van der Waals surface area (Å²) in [5.41, 5.74) is 2.97. The molecule has 4 heteroatoms. The van der Waals surface area contributed by atoms with Crippen molar-refractivity contribution in [3.63, 3.8) is 0 Å². The third-order valence-electron chi connectivity index (χ3n) is 10.8. The van der Waals surface area contributed by atoms with Gasteiger partial charge in [0, 0.05) is 12.5 Å². The van der Waals surface area contributed by atoms with Crippen molar-refractivity contribution < 1.29 is 15.0 Å². The standard InChI is InChI=1S/C34H55NO3/c1-4-5-21-35-33(38)24(2)13-11-9-7-6-8-10-12-14-25-22-26-23-27(36)15-16-28(26)29-19-20-34(3)30(32(25)29)17-18-31(34)37/h15-16,23-25,29-32,36-37H,4-14,17-22H2,1-3H3,(H,35,38)/t24?,25-,29-,30+,31+,32-,34+/m1/s1. The number of carbonyl (C=O) groups excluding carboxylic acids is 1. The van der Waals surface area contributed by atoms with Crippen LogP contribution in [0.25, 0.3) is 0 Å². The Hall–Kier alpha value is -1.55. The maximum Gasteiger partial charge on any atom is 0.222 e. The van der Waals surface area contributed by atoms with Crippen molar-refractivity contribution in [2.45, 2.75) is 136 Å². The molecule has 1 unspecified atom stereocenters. The zero-order valence-corrected chi connectivity index (χ0v) is 24.5. The fourth-order valence-corrected chi connectivity index (χ4v) is 8.47. The lowest BCUT2D eigenvalue weighted by Crippen LogP contribution is -2.47. The number of aliphatic hydroxyl groups is 1. The minimum atomic E-state index is -0.131. The number of phenolic OH excluding ortho intramolecular Hbond substituents is 1. The number of benzene rings is 1. The highest BCUT2D eigenvalue weighted by atomic mass is 16.3. The number of fused-ring (bicyclic) bond motifs is 5. The van der Waals surface area contributed by atoms with Crippen LogP contribution in [0, 0.1) is 29.1 Å². The van der Waals surface area contributed by atoms with Crippen LogP contribution in [0.3, 0.4) is 0 Å². The van der Waals surface area contributed by atoms with Gasteiger partial charge in [0.2, 0.25) is 5.91 Å². The van der Waals surface area contributed by atoms with Crippen molar-refractivity contribution in [2.24, 2.45) is 29.1 Å². The van der Waals surface area contributed by atoms with Gasteiger partial charge in [-0.2, -0.15) is 0 Å². The highest BCUT2D eigenvalue weighted by Gasteiger charge is 2.56. The van der Waals surface area contributed by atoms with Gasteiger partial charge in [-0.05, 0) is 104 Å². The summed E-state index contributed by atoms with van der Waals surface area (Å²) in [7, 11) is 0. The number of hydrogen-bond donors (Lipinski definition) is 3. The van der Waals surface area contributed by atoms with Crippen LogP contribution in [-0.2, 0) is 11.2 Å². The summed E-state index contributed by atoms with van der Waals surface area (Å²) >= 11 is 0. The molecule has 0 bridgehead atoms. The van der Waals surface area contributed by atoms with Gasteiger partial charge >= 0.3 is 0 Å². The van der Waals surface area contributed by atoms with E-state index in [-0.39, 0.29) is 23.3 Å². The fraction of sp³-hybridized carbons (Fsp3) is 0.794. The van der Waals surface area contributed by atoms with Gasteiger partial charge in [-0.15, -0.1) is 0 Å². The third kappa shape index (κ3) is 6.77. The second kappa shape index (κ2) is 13.7. The predicted octanol–water partition coefficient (Wildman–Crippen LogP) is 7.90. The Kier molecular flexibility index (Phi) is 10.6. The van der Waals surface area contributed by atoms with E-state index in [1.165, 1.54) is 68.9 Å². The van der Waals surface area contributed by atoms with Crippen LogP contribution in [0.1, 0.15) is 134 Å². The van der Waals surface area contributed by atoms with Gasteiger partial charge in [0.05, 0.1) is 6.10 Å². The fourth-order valence-electron chi connectivity index (χ4n) is 8.47. The molecular weight excluding hydrogens is 470 g/mol. The van der Waals surface area contributed by atoms with Crippen LogP contribution in [0.5, 0.6) is 5.75 Å². The maximum atomic E-state index is 12.1. The van der Waals surface area contributed by atoms with Gasteiger partial charge < -0.3 is 15.5 Å². The van der Waals surface area contributed by atoms with Crippen molar-refractivity contribution in [2.75, 3.05) is 6.54 Å². The molecule has 3 N–H and O–H groups in total. The maximum absolute atomic E-state index is 12.1. The molecule has 38 heavy (non-hydrogen) atoms. The molecule has 214 valence electrons. The van der Waals surface area contributed by atoms with Crippen molar-refractivity contribution in [3.8, 4) is 5.75 Å². The van der Waals surface area contributed by atoms with E-state index in [2.05, 4.69) is 32.2 Å². The average Bonchev–Trinajstić information content (AvgIpc) is 3.21. The van der Waals surface area contributed by atoms with Gasteiger partial charge in [-0.25, -0.2) is 0 Å². The zero-order chi connectivity index (χ0) is 27.1. The summed E-state index contributed by atoms with van der Waals surface area (Å²) in [5, 5.41) is 24.1. The number of rotatable bonds is 14. The van der Waals surface area contributed by atoms with Crippen LogP contribution in [0.2, 0.25) is 0 Å². The lowest BCUT2D eigenvalue weighted by molar-refractivity contribution is -0.124. The van der Waals surface area contributed by atoms with Crippen LogP contribution < -0.4 is 5.32 Å². The number of aliphatic hydroxyl groups excluding tert-OH is 1. The average molecular weight is 526 g/mol. The lowest BCUT2D eigenvalue weighted by atomic mass is 9.52. The molecule has 1 amide bonds. The van der Waals surface area contributed by atoms with Crippen LogP contribution >= 0.6 is 0 Å². The predicted molar refractivity (Wildman–Crippen MR) is 156 cm³/mol. The molecule has 0 saturated heterocycles. The molecule has 4 rings (SSSR count). The monoisotopic (exact) mass is 525 g/mol.